The van der Waals surface area contributed by atoms with E-state index in [0.717, 1.165) is 50.8 Å². The van der Waals surface area contributed by atoms with Gasteiger partial charge in [-0.2, -0.15) is 17.6 Å². The number of alkyl halides is 4. The number of benzene rings is 15. The van der Waals surface area contributed by atoms with E-state index in [-0.39, 0.29) is 22.6 Å². The van der Waals surface area contributed by atoms with E-state index in [1.807, 2.05) is 308 Å². The summed E-state index contributed by atoms with van der Waals surface area (Å²) in [4.78, 5) is 0. The third-order valence-electron chi connectivity index (χ3n) is 19.2. The molecule has 0 saturated heterocycles. The number of hydrogen-bond acceptors (Lipinski definition) is 6. The van der Waals surface area contributed by atoms with Crippen LogP contribution in [0.3, 0.4) is 0 Å². The molecule has 0 spiro atoms. The monoisotopic (exact) mass is 2020 g/mol. The second kappa shape index (κ2) is 93.6. The molecule has 148 heavy (non-hydrogen) atoms. The SMILES string of the molecule is CC.CC.CC.CC.CC.CC.CC.CC.CC.CC.CC.CC.CC.CC.CC.Cc1ccc(-c2ccc(OC(F)(F)c3ccc(C)cc3)cc2)cc1.Cc1ccc(COc2ccc(-c3ccc(C)cc3)cc2)cc1.Cc1ccc(COc2ccc(C)cc2)cc1.Cc1ccc(COc2ccc(C)cc2)cc1.Cc1ccc(OC(F)(F)c2ccc(C)cc2)cc1.Cc1ccc(OCc2ccc(-c3ccc(C)cc3)cc2)cc1. The largest absolute Gasteiger partial charge is 0.489 e. The van der Waals surface area contributed by atoms with Crippen LogP contribution in [0.15, 0.2) is 364 Å². The van der Waals surface area contributed by atoms with Gasteiger partial charge in [0.15, 0.2) is 0 Å². The molecule has 0 fully saturated rings. The van der Waals surface area contributed by atoms with Crippen LogP contribution in [0, 0.1) is 83.1 Å². The second-order valence-corrected chi connectivity index (χ2v) is 29.7. The summed E-state index contributed by atoms with van der Waals surface area (Å²) in [5.74, 6) is 3.95. The van der Waals surface area contributed by atoms with E-state index in [2.05, 4.69) is 250 Å². The van der Waals surface area contributed by atoms with Crippen molar-refractivity contribution in [3.05, 3.63) is 464 Å². The van der Waals surface area contributed by atoms with E-state index in [1.54, 1.807) is 60.7 Å². The van der Waals surface area contributed by atoms with Gasteiger partial charge in [-0.15, -0.1) is 0 Å². The Morgan fingerprint density at radius 2 is 0.236 bits per heavy atom. The molecule has 0 unspecified atom stereocenters. The molecule has 15 rings (SSSR count). The zero-order valence-electron chi connectivity index (χ0n) is 99.4. The quantitative estimate of drug-likeness (QED) is 0.0668. The Hall–Kier alpha value is -13.2. The van der Waals surface area contributed by atoms with Gasteiger partial charge in [-0.05, 0) is 236 Å². The number of hydrogen-bond donors (Lipinski definition) is 0. The van der Waals surface area contributed by atoms with Crippen LogP contribution in [-0.2, 0) is 38.6 Å². The Morgan fingerprint density at radius 3 is 0.399 bits per heavy atom. The van der Waals surface area contributed by atoms with Gasteiger partial charge in [-0.1, -0.05) is 541 Å². The van der Waals surface area contributed by atoms with Gasteiger partial charge >= 0.3 is 12.2 Å². The van der Waals surface area contributed by atoms with Crippen molar-refractivity contribution >= 4 is 0 Å². The third kappa shape index (κ3) is 63.4. The van der Waals surface area contributed by atoms with Gasteiger partial charge in [0, 0.05) is 0 Å². The molecule has 0 aromatic heterocycles. The van der Waals surface area contributed by atoms with Crippen molar-refractivity contribution in [2.24, 2.45) is 0 Å². The molecule has 0 bridgehead atoms. The van der Waals surface area contributed by atoms with Crippen molar-refractivity contribution < 1.29 is 46.0 Å². The fourth-order valence-electron chi connectivity index (χ4n) is 11.6. The Labute approximate surface area is 901 Å². The summed E-state index contributed by atoms with van der Waals surface area (Å²) in [5.41, 5.74) is 25.6. The Morgan fingerprint density at radius 1 is 0.135 bits per heavy atom. The summed E-state index contributed by atoms with van der Waals surface area (Å²) < 4.78 is 88.8. The van der Waals surface area contributed by atoms with Crippen LogP contribution in [0.25, 0.3) is 33.4 Å². The zero-order chi connectivity index (χ0) is 114. The molecule has 0 aliphatic carbocycles. The van der Waals surface area contributed by atoms with Crippen LogP contribution >= 0.6 is 0 Å². The molecule has 15 aromatic carbocycles. The minimum atomic E-state index is -3.36. The van der Waals surface area contributed by atoms with Gasteiger partial charge in [0.25, 0.3) is 0 Å². The Bertz CT molecular complexity index is 5120. The lowest BCUT2D eigenvalue weighted by molar-refractivity contribution is -0.186. The van der Waals surface area contributed by atoms with E-state index in [4.69, 9.17) is 28.4 Å². The molecule has 10 heteroatoms. The number of halogens is 4. The summed E-state index contributed by atoms with van der Waals surface area (Å²) in [5, 5.41) is 0. The van der Waals surface area contributed by atoms with Crippen LogP contribution in [0.4, 0.5) is 17.6 Å². The van der Waals surface area contributed by atoms with Crippen LogP contribution in [0.5, 0.6) is 34.5 Å². The van der Waals surface area contributed by atoms with Crippen LogP contribution in [0.1, 0.15) is 308 Å². The maximum absolute atomic E-state index is 14.2. The first-order valence-electron chi connectivity index (χ1n) is 54.5. The predicted octanol–water partition coefficient (Wildman–Crippen LogP) is 44.8. The van der Waals surface area contributed by atoms with Gasteiger partial charge in [0.1, 0.15) is 60.9 Å². The number of aryl methyl sites for hydroxylation is 12. The lowest BCUT2D eigenvalue weighted by Gasteiger charge is -2.18. The third-order valence-corrected chi connectivity index (χ3v) is 19.2. The maximum Gasteiger partial charge on any atom is 0.426 e. The minimum Gasteiger partial charge on any atom is -0.489 e. The van der Waals surface area contributed by atoms with Crippen LogP contribution in [0.2, 0.25) is 0 Å². The van der Waals surface area contributed by atoms with Gasteiger partial charge in [0.2, 0.25) is 0 Å². The lowest BCUT2D eigenvalue weighted by Crippen LogP contribution is -2.21. The molecule has 0 N–H and O–H groups in total. The molecule has 0 aliphatic rings. The topological polar surface area (TPSA) is 55.4 Å². The van der Waals surface area contributed by atoms with E-state index in [1.165, 1.54) is 131 Å². The molecule has 0 saturated carbocycles. The van der Waals surface area contributed by atoms with Gasteiger partial charge in [0.05, 0.1) is 11.1 Å². The molecular formula is C138H194F4O6. The normalized spacial score (nSPS) is 9.12. The first kappa shape index (κ1) is 145. The van der Waals surface area contributed by atoms with E-state index in [9.17, 15) is 17.6 Å². The van der Waals surface area contributed by atoms with Crippen molar-refractivity contribution in [3.63, 3.8) is 0 Å². The maximum atomic E-state index is 14.2. The van der Waals surface area contributed by atoms with Crippen LogP contribution < -0.4 is 28.4 Å². The highest BCUT2D eigenvalue weighted by molar-refractivity contribution is 5.66. The van der Waals surface area contributed by atoms with Crippen LogP contribution in [-0.4, -0.2) is 0 Å². The van der Waals surface area contributed by atoms with Crippen molar-refractivity contribution in [1.82, 2.24) is 0 Å². The Kier molecular flexibility index (Phi) is 92.0. The van der Waals surface area contributed by atoms with E-state index in [0.29, 0.717) is 26.4 Å². The molecule has 0 radical (unpaired) electrons. The molecule has 0 atom stereocenters. The average molecular weight is 2030 g/mol. The fraction of sp³-hybridized carbons (Fsp3) is 0.348. The molecule has 810 valence electrons. The van der Waals surface area contributed by atoms with Crippen molar-refractivity contribution in [2.45, 2.75) is 329 Å². The van der Waals surface area contributed by atoms with E-state index < -0.39 is 12.2 Å². The van der Waals surface area contributed by atoms with Crippen molar-refractivity contribution in [1.29, 1.82) is 0 Å². The highest BCUT2D eigenvalue weighted by atomic mass is 19.3. The first-order valence-corrected chi connectivity index (χ1v) is 54.5. The fourth-order valence-corrected chi connectivity index (χ4v) is 11.6. The Balaban J connectivity index is -0.000000389. The average Bonchev–Trinajstić information content (AvgIpc) is 0.828. The zero-order valence-corrected chi connectivity index (χ0v) is 99.4. The molecular weight excluding hydrogens is 1830 g/mol. The highest BCUT2D eigenvalue weighted by Gasteiger charge is 2.35. The summed E-state index contributed by atoms with van der Waals surface area (Å²) in [6, 6.07) is 117. The van der Waals surface area contributed by atoms with Crippen molar-refractivity contribution in [3.8, 4) is 67.9 Å². The standard InChI is InChI=1S/C21H18F2O.2C21H20O.C15H14F2O.2C15H16O.15C2H6/c1-15-3-7-17(8-4-15)18-9-13-20(14-10-18)24-21(22,23)19-11-5-16(2)6-12-19;1-16-3-9-19(10-4-16)20-11-7-18(8-12-20)15-22-21-13-5-17(2)6-14-21;1-16-3-7-18(8-4-16)15-22-21-13-11-20(12-14-21)19-9-5-17(2)6-10-19;1-11-3-7-13(8-4-11)15(16,17)18-14-9-5-12(2)6-10-14;2*1-12-3-7-14(8-4-12)11-16-15-9-5-13(2)6-10-15;15*1-2/h3-14H,1-2H3;2*3-14H,15H2,1-2H3;3-10H,1-2H3;2*3-10H,11H2,1-2H3;15*1-2H3. The smallest absolute Gasteiger partial charge is 0.426 e. The second-order valence-electron chi connectivity index (χ2n) is 29.7. The lowest BCUT2D eigenvalue weighted by atomic mass is 10.0. The molecule has 0 aliphatic heterocycles. The molecule has 6 nitrogen and oxygen atoms in total. The summed E-state index contributed by atoms with van der Waals surface area (Å²) in [6.45, 7) is 86.8. The molecule has 0 heterocycles. The highest BCUT2D eigenvalue weighted by Crippen LogP contribution is 2.35. The van der Waals surface area contributed by atoms with Crippen molar-refractivity contribution in [2.75, 3.05) is 0 Å². The summed E-state index contributed by atoms with van der Waals surface area (Å²) in [7, 11) is 0. The number of rotatable bonds is 21. The van der Waals surface area contributed by atoms with Gasteiger partial charge in [-0.3, -0.25) is 0 Å². The predicted molar refractivity (Wildman–Crippen MR) is 647 cm³/mol. The molecule has 15 aromatic rings. The first-order chi connectivity index (χ1) is 71.8. The number of ether oxygens (including phenoxy) is 6. The summed E-state index contributed by atoms with van der Waals surface area (Å²) >= 11 is 0. The summed E-state index contributed by atoms with van der Waals surface area (Å²) in [6.07, 6.45) is -6.68. The van der Waals surface area contributed by atoms with Gasteiger partial charge < -0.3 is 28.4 Å². The minimum absolute atomic E-state index is 0.136. The van der Waals surface area contributed by atoms with E-state index >= 15 is 0 Å². The van der Waals surface area contributed by atoms with Gasteiger partial charge in [-0.25, -0.2) is 0 Å². The molecule has 0 amide bonds.